The predicted molar refractivity (Wildman–Crippen MR) is 139 cm³/mol. The molecule has 0 aromatic rings. The normalized spacial score (nSPS) is 20.2. The molecule has 3 N–H and O–H groups in total. The lowest BCUT2D eigenvalue weighted by molar-refractivity contribution is -0.142. The summed E-state index contributed by atoms with van der Waals surface area (Å²) < 4.78 is 31.8. The van der Waals surface area contributed by atoms with Gasteiger partial charge in [0.15, 0.2) is 0 Å². The monoisotopic (exact) mass is 540 g/mol. The van der Waals surface area contributed by atoms with Crippen LogP contribution < -0.4 is 15.4 Å². The molecule has 4 amide bonds. The number of amides is 4. The first-order chi connectivity index (χ1) is 17.0. The minimum atomic E-state index is -3.81. The van der Waals surface area contributed by atoms with Crippen molar-refractivity contribution in [3.05, 3.63) is 24.8 Å². The molecule has 1 saturated heterocycles. The fourth-order valence-electron chi connectivity index (χ4n) is 3.85. The fourth-order valence-corrected chi connectivity index (χ4v) is 5.18. The van der Waals surface area contributed by atoms with E-state index in [9.17, 15) is 27.6 Å². The Morgan fingerprint density at radius 1 is 1.03 bits per heavy atom. The minimum absolute atomic E-state index is 0.287. The second kappa shape index (κ2) is 11.7. The molecular formula is C25H40N4O7S. The molecule has 0 aromatic heterocycles. The number of alkyl carbamates (subject to hydrolysis) is 1. The molecule has 1 aliphatic heterocycles. The molecule has 0 spiro atoms. The highest BCUT2D eigenvalue weighted by Crippen LogP contribution is 2.28. The van der Waals surface area contributed by atoms with E-state index in [1.807, 2.05) is 4.72 Å². The van der Waals surface area contributed by atoms with E-state index in [2.05, 4.69) is 17.2 Å². The van der Waals surface area contributed by atoms with Gasteiger partial charge in [-0.05, 0) is 51.9 Å². The van der Waals surface area contributed by atoms with Crippen LogP contribution in [0.5, 0.6) is 0 Å². The van der Waals surface area contributed by atoms with E-state index in [0.29, 0.717) is 25.7 Å². The molecule has 37 heavy (non-hydrogen) atoms. The number of carbonyl (C=O) groups excluding carboxylic acids is 4. The summed E-state index contributed by atoms with van der Waals surface area (Å²) in [6, 6.07) is -3.15. The van der Waals surface area contributed by atoms with Crippen LogP contribution in [0.25, 0.3) is 0 Å². The summed E-state index contributed by atoms with van der Waals surface area (Å²) >= 11 is 0. The molecule has 3 atom stereocenters. The van der Waals surface area contributed by atoms with Crippen molar-refractivity contribution < 1.29 is 32.3 Å². The zero-order valence-corrected chi connectivity index (χ0v) is 23.3. The van der Waals surface area contributed by atoms with Crippen molar-refractivity contribution in [1.29, 1.82) is 0 Å². The van der Waals surface area contributed by atoms with Gasteiger partial charge in [-0.2, -0.15) is 0 Å². The number of carbonyl (C=O) groups is 4. The molecule has 1 saturated carbocycles. The second-order valence-corrected chi connectivity index (χ2v) is 13.4. The topological polar surface area (TPSA) is 151 Å². The number of allylic oxidation sites excluding steroid dienone is 2. The maximum atomic E-state index is 13.6. The van der Waals surface area contributed by atoms with E-state index < -0.39 is 68.2 Å². The van der Waals surface area contributed by atoms with Crippen molar-refractivity contribution in [2.45, 2.75) is 96.2 Å². The molecule has 2 aliphatic rings. The first-order valence-electron chi connectivity index (χ1n) is 12.4. The van der Waals surface area contributed by atoms with Crippen LogP contribution in [0.4, 0.5) is 4.79 Å². The molecule has 2 rings (SSSR count). The zero-order valence-electron chi connectivity index (χ0n) is 22.5. The minimum Gasteiger partial charge on any atom is -0.444 e. The van der Waals surface area contributed by atoms with Gasteiger partial charge in [-0.25, -0.2) is 13.2 Å². The Morgan fingerprint density at radius 2 is 1.65 bits per heavy atom. The van der Waals surface area contributed by atoms with E-state index >= 15 is 0 Å². The molecule has 1 aliphatic carbocycles. The molecule has 0 radical (unpaired) electrons. The van der Waals surface area contributed by atoms with Gasteiger partial charge in [-0.1, -0.05) is 45.6 Å². The number of rotatable bonds is 9. The Bertz CT molecular complexity index is 1040. The summed E-state index contributed by atoms with van der Waals surface area (Å²) in [4.78, 5) is 53.3. The Hall–Kier alpha value is -2.89. The Morgan fingerprint density at radius 3 is 2.16 bits per heavy atom. The van der Waals surface area contributed by atoms with Gasteiger partial charge in [0.25, 0.3) is 5.91 Å². The summed E-state index contributed by atoms with van der Waals surface area (Å²) in [5, 5.41) is 4.59. The van der Waals surface area contributed by atoms with Gasteiger partial charge in [0.1, 0.15) is 23.7 Å². The Labute approximate surface area is 219 Å². The maximum absolute atomic E-state index is 13.6. The molecule has 0 bridgehead atoms. The van der Waals surface area contributed by atoms with E-state index in [0.717, 1.165) is 0 Å². The highest BCUT2D eigenvalue weighted by atomic mass is 32.2. The molecule has 1 heterocycles. The average Bonchev–Trinajstić information content (AvgIpc) is 3.50. The van der Waals surface area contributed by atoms with E-state index in [1.165, 1.54) is 23.1 Å². The summed E-state index contributed by atoms with van der Waals surface area (Å²) in [6.45, 7) is 14.3. The van der Waals surface area contributed by atoms with Gasteiger partial charge >= 0.3 is 6.09 Å². The van der Waals surface area contributed by atoms with Crippen molar-refractivity contribution in [3.63, 3.8) is 0 Å². The smallest absolute Gasteiger partial charge is 0.408 e. The molecule has 11 nitrogen and oxygen atoms in total. The van der Waals surface area contributed by atoms with Crippen LogP contribution in [0.15, 0.2) is 24.8 Å². The molecule has 1 unspecified atom stereocenters. The van der Waals surface area contributed by atoms with Gasteiger partial charge in [-0.15, -0.1) is 0 Å². The second-order valence-electron chi connectivity index (χ2n) is 11.5. The van der Waals surface area contributed by atoms with Crippen LogP contribution in [0, 0.1) is 5.41 Å². The van der Waals surface area contributed by atoms with Crippen LogP contribution in [0.2, 0.25) is 0 Å². The van der Waals surface area contributed by atoms with Crippen LogP contribution in [0.3, 0.4) is 0 Å². The SMILES string of the molecule is C=C/C=C/[C@H](NC(=O)[C@@H]1CCCN1C(=O)C(NC(=O)OC(C)(C)C)C(C)(C)C)C(=O)NS(=O)(=O)C1CC1. The quantitative estimate of drug-likeness (QED) is 0.377. The van der Waals surface area contributed by atoms with Gasteiger partial charge in [0.05, 0.1) is 5.25 Å². The largest absolute Gasteiger partial charge is 0.444 e. The molecule has 208 valence electrons. The molecule has 12 heteroatoms. The maximum Gasteiger partial charge on any atom is 0.408 e. The van der Waals surface area contributed by atoms with Crippen molar-refractivity contribution in [2.75, 3.05) is 6.54 Å². The number of hydrogen-bond donors (Lipinski definition) is 3. The standard InChI is InChI=1S/C25H40N4O7S/c1-8-9-11-17(20(30)28-37(34,35)16-13-14-16)26-21(31)18-12-10-15-29(18)22(32)19(24(2,3)4)27-23(33)36-25(5,6)7/h8-9,11,16-19H,1,10,12-15H2,2-7H3,(H,26,31)(H,27,33)(H,28,30)/b11-9+/t17-,18-,19?/m0/s1. The molecule has 2 fully saturated rings. The summed E-state index contributed by atoms with van der Waals surface area (Å²) in [7, 11) is -3.81. The first-order valence-corrected chi connectivity index (χ1v) is 14.0. The third-order valence-electron chi connectivity index (χ3n) is 5.84. The Kier molecular flexibility index (Phi) is 9.56. The number of nitrogens with one attached hydrogen (secondary N) is 3. The van der Waals surface area contributed by atoms with Gasteiger partial charge < -0.3 is 20.3 Å². The zero-order chi connectivity index (χ0) is 28.2. The van der Waals surface area contributed by atoms with Crippen molar-refractivity contribution in [3.8, 4) is 0 Å². The summed E-state index contributed by atoms with van der Waals surface area (Å²) in [5.41, 5.74) is -1.45. The first kappa shape index (κ1) is 30.3. The van der Waals surface area contributed by atoms with E-state index in [4.69, 9.17) is 4.74 Å². The molecule has 0 aromatic carbocycles. The lowest BCUT2D eigenvalue weighted by atomic mass is 9.85. The van der Waals surface area contributed by atoms with Crippen molar-refractivity contribution in [1.82, 2.24) is 20.3 Å². The van der Waals surface area contributed by atoms with Gasteiger partial charge in [-0.3, -0.25) is 19.1 Å². The fraction of sp³-hybridized carbons (Fsp3) is 0.680. The summed E-state index contributed by atoms with van der Waals surface area (Å²) in [6.07, 6.45) is 5.25. The predicted octanol–water partition coefficient (Wildman–Crippen LogP) is 1.75. The highest BCUT2D eigenvalue weighted by molar-refractivity contribution is 7.90. The third kappa shape index (κ3) is 8.87. The summed E-state index contributed by atoms with van der Waals surface area (Å²) in [5.74, 6) is -1.95. The lowest BCUT2D eigenvalue weighted by Gasteiger charge is -2.36. The lowest BCUT2D eigenvalue weighted by Crippen LogP contribution is -2.59. The van der Waals surface area contributed by atoms with Crippen LogP contribution >= 0.6 is 0 Å². The number of ether oxygens (including phenoxy) is 1. The number of hydrogen-bond acceptors (Lipinski definition) is 7. The van der Waals surface area contributed by atoms with E-state index in [-0.39, 0.29) is 6.54 Å². The number of nitrogens with zero attached hydrogens (tertiary/aromatic N) is 1. The van der Waals surface area contributed by atoms with Crippen molar-refractivity contribution in [2.24, 2.45) is 5.41 Å². The van der Waals surface area contributed by atoms with Crippen LogP contribution in [-0.2, 0) is 29.1 Å². The highest BCUT2D eigenvalue weighted by Gasteiger charge is 2.43. The van der Waals surface area contributed by atoms with Crippen LogP contribution in [0.1, 0.15) is 67.2 Å². The van der Waals surface area contributed by atoms with E-state index in [1.54, 1.807) is 41.5 Å². The molecular weight excluding hydrogens is 500 g/mol. The van der Waals surface area contributed by atoms with Crippen LogP contribution in [-0.4, -0.2) is 72.7 Å². The average molecular weight is 541 g/mol. The van der Waals surface area contributed by atoms with Crippen molar-refractivity contribution >= 4 is 33.8 Å². The van der Waals surface area contributed by atoms with Gasteiger partial charge in [0.2, 0.25) is 21.8 Å². The van der Waals surface area contributed by atoms with Gasteiger partial charge in [0, 0.05) is 6.54 Å². The number of likely N-dealkylation sites (tertiary alicyclic amines) is 1. The number of sulfonamides is 1. The third-order valence-corrected chi connectivity index (χ3v) is 7.67. The Balaban J connectivity index is 2.18.